The van der Waals surface area contributed by atoms with Crippen LogP contribution < -0.4 is 9.64 Å². The fourth-order valence-electron chi connectivity index (χ4n) is 6.03. The molecule has 2 bridgehead atoms. The number of nitrogens with zero attached hydrogens (tertiary/aromatic N) is 1. The molecule has 1 saturated heterocycles. The molecule has 0 aromatic heterocycles. The van der Waals surface area contributed by atoms with Crippen molar-refractivity contribution in [2.45, 2.75) is 32.6 Å². The zero-order valence-electron chi connectivity index (χ0n) is 18.1. The highest BCUT2D eigenvalue weighted by atomic mass is 16.5. The van der Waals surface area contributed by atoms with Crippen LogP contribution in [0, 0.1) is 35.5 Å². The van der Waals surface area contributed by atoms with E-state index in [4.69, 9.17) is 4.74 Å². The van der Waals surface area contributed by atoms with Gasteiger partial charge in [0.1, 0.15) is 11.5 Å². The molecule has 1 aliphatic heterocycles. The van der Waals surface area contributed by atoms with Gasteiger partial charge >= 0.3 is 0 Å². The van der Waals surface area contributed by atoms with Crippen LogP contribution >= 0.6 is 0 Å². The van der Waals surface area contributed by atoms with Crippen LogP contribution in [-0.4, -0.2) is 11.8 Å². The first-order chi connectivity index (χ1) is 14.8. The largest absolute Gasteiger partial charge is 0.457 e. The molecule has 158 valence electrons. The highest BCUT2D eigenvalue weighted by Crippen LogP contribution is 2.65. The zero-order valence-corrected chi connectivity index (χ0v) is 18.1. The topological polar surface area (TPSA) is 46.6 Å². The highest BCUT2D eigenvalue weighted by Gasteiger charge is 2.67. The van der Waals surface area contributed by atoms with Gasteiger partial charge in [0, 0.05) is 0 Å². The first kappa shape index (κ1) is 18.9. The first-order valence-electron chi connectivity index (χ1n) is 11.3. The summed E-state index contributed by atoms with van der Waals surface area (Å²) < 4.78 is 5.98. The van der Waals surface area contributed by atoms with E-state index < -0.39 is 0 Å². The van der Waals surface area contributed by atoms with Crippen LogP contribution in [0.4, 0.5) is 5.69 Å². The van der Waals surface area contributed by atoms with Crippen molar-refractivity contribution in [2.75, 3.05) is 4.90 Å². The fraction of sp³-hybridized carbons (Fsp3) is 0.407. The van der Waals surface area contributed by atoms with E-state index in [1.54, 1.807) is 0 Å². The molecule has 3 fully saturated rings. The molecule has 31 heavy (non-hydrogen) atoms. The minimum atomic E-state index is -0.163. The predicted molar refractivity (Wildman–Crippen MR) is 119 cm³/mol. The van der Waals surface area contributed by atoms with Crippen LogP contribution in [0.3, 0.4) is 0 Å². The lowest BCUT2D eigenvalue weighted by molar-refractivity contribution is -0.124. The second kappa shape index (κ2) is 6.32. The monoisotopic (exact) mass is 413 g/mol. The van der Waals surface area contributed by atoms with Gasteiger partial charge in [-0.15, -0.1) is 0 Å². The Labute approximate surface area is 182 Å². The number of benzene rings is 2. The lowest BCUT2D eigenvalue weighted by atomic mass is 9.63. The number of anilines is 1. The van der Waals surface area contributed by atoms with Gasteiger partial charge in [-0.1, -0.05) is 45.1 Å². The number of amides is 2. The highest BCUT2D eigenvalue weighted by molar-refractivity contribution is 6.22. The SMILES string of the molecule is CC(C)(C)c1ccc(Oc2ccc(N3C(=O)[C@@H]4[C@H]5C=C[C@@H]([C@@H]6C[C@H]56)[C@H]4C3=O)cc2)cc1. The number of carbonyl (C=O) groups excluding carboxylic acids is 2. The Kier molecular flexibility index (Phi) is 3.84. The quantitative estimate of drug-likeness (QED) is 0.504. The van der Waals surface area contributed by atoms with Gasteiger partial charge in [-0.2, -0.15) is 0 Å². The van der Waals surface area contributed by atoms with Crippen molar-refractivity contribution in [3.05, 3.63) is 66.2 Å². The Morgan fingerprint density at radius 2 is 1.26 bits per heavy atom. The van der Waals surface area contributed by atoms with E-state index in [1.807, 2.05) is 36.4 Å². The maximum absolute atomic E-state index is 13.2. The van der Waals surface area contributed by atoms with Crippen LogP contribution in [0.1, 0.15) is 32.8 Å². The number of rotatable bonds is 3. The van der Waals surface area contributed by atoms with Gasteiger partial charge in [0.15, 0.2) is 0 Å². The molecule has 2 aromatic rings. The van der Waals surface area contributed by atoms with Crippen molar-refractivity contribution in [2.24, 2.45) is 35.5 Å². The molecule has 7 rings (SSSR count). The van der Waals surface area contributed by atoms with E-state index in [0.717, 1.165) is 5.75 Å². The summed E-state index contributed by atoms with van der Waals surface area (Å²) in [6.07, 6.45) is 5.59. The minimum Gasteiger partial charge on any atom is -0.457 e. The number of imide groups is 1. The molecule has 2 aromatic carbocycles. The van der Waals surface area contributed by atoms with E-state index in [-0.39, 0.29) is 40.9 Å². The fourth-order valence-corrected chi connectivity index (χ4v) is 6.03. The average Bonchev–Trinajstić information content (AvgIpc) is 3.52. The Morgan fingerprint density at radius 3 is 1.74 bits per heavy atom. The van der Waals surface area contributed by atoms with E-state index in [1.165, 1.54) is 16.9 Å². The van der Waals surface area contributed by atoms with Gasteiger partial charge in [0.25, 0.3) is 0 Å². The normalized spacial score (nSPS) is 32.8. The van der Waals surface area contributed by atoms with Crippen molar-refractivity contribution >= 4 is 17.5 Å². The summed E-state index contributed by atoms with van der Waals surface area (Å²) in [6, 6.07) is 15.4. The molecule has 2 amide bonds. The molecular weight excluding hydrogens is 386 g/mol. The van der Waals surface area contributed by atoms with Crippen LogP contribution in [0.25, 0.3) is 0 Å². The predicted octanol–water partition coefficient (Wildman–Crippen LogP) is 5.33. The summed E-state index contributed by atoms with van der Waals surface area (Å²) >= 11 is 0. The Hall–Kier alpha value is -2.88. The van der Waals surface area contributed by atoms with Crippen molar-refractivity contribution < 1.29 is 14.3 Å². The van der Waals surface area contributed by atoms with E-state index >= 15 is 0 Å². The molecule has 4 nitrogen and oxygen atoms in total. The molecule has 0 spiro atoms. The Bertz CT molecular complexity index is 1060. The van der Waals surface area contributed by atoms with Crippen molar-refractivity contribution in [1.82, 2.24) is 0 Å². The molecule has 0 radical (unpaired) electrons. The number of carbonyl (C=O) groups is 2. The van der Waals surface area contributed by atoms with Crippen molar-refractivity contribution in [3.8, 4) is 11.5 Å². The van der Waals surface area contributed by atoms with Crippen LogP contribution in [-0.2, 0) is 15.0 Å². The van der Waals surface area contributed by atoms with Gasteiger partial charge in [-0.05, 0) is 77.5 Å². The second-order valence-electron chi connectivity index (χ2n) is 10.5. The van der Waals surface area contributed by atoms with Gasteiger partial charge in [0.2, 0.25) is 11.8 Å². The summed E-state index contributed by atoms with van der Waals surface area (Å²) in [6.45, 7) is 6.55. The molecular formula is C27H27NO3. The summed E-state index contributed by atoms with van der Waals surface area (Å²) in [5.41, 5.74) is 2.00. The maximum Gasteiger partial charge on any atom is 0.238 e. The van der Waals surface area contributed by atoms with Crippen LogP contribution in [0.15, 0.2) is 60.7 Å². The minimum absolute atomic E-state index is 0.0221. The zero-order chi connectivity index (χ0) is 21.5. The third kappa shape index (κ3) is 2.80. The van der Waals surface area contributed by atoms with Gasteiger partial charge in [-0.3, -0.25) is 14.5 Å². The van der Waals surface area contributed by atoms with E-state index in [0.29, 0.717) is 23.3 Å². The van der Waals surface area contributed by atoms with Gasteiger partial charge in [-0.25, -0.2) is 0 Å². The number of allylic oxidation sites excluding steroid dienone is 2. The maximum atomic E-state index is 13.2. The lowest BCUT2D eigenvalue weighted by Crippen LogP contribution is -2.40. The molecule has 6 atom stereocenters. The van der Waals surface area contributed by atoms with Crippen molar-refractivity contribution in [3.63, 3.8) is 0 Å². The number of hydrogen-bond donors (Lipinski definition) is 0. The van der Waals surface area contributed by atoms with Crippen molar-refractivity contribution in [1.29, 1.82) is 0 Å². The number of hydrogen-bond acceptors (Lipinski definition) is 3. The molecule has 2 saturated carbocycles. The van der Waals surface area contributed by atoms with E-state index in [2.05, 4.69) is 45.1 Å². The summed E-state index contributed by atoms with van der Waals surface area (Å²) in [5, 5.41) is 0. The lowest BCUT2D eigenvalue weighted by Gasteiger charge is -2.37. The van der Waals surface area contributed by atoms with Gasteiger partial charge < -0.3 is 4.74 Å². The molecule has 0 unspecified atom stereocenters. The average molecular weight is 414 g/mol. The smallest absolute Gasteiger partial charge is 0.238 e. The molecule has 0 N–H and O–H groups in total. The van der Waals surface area contributed by atoms with Crippen LogP contribution in [0.5, 0.6) is 11.5 Å². The molecule has 4 heteroatoms. The Morgan fingerprint density at radius 1 is 0.774 bits per heavy atom. The molecule has 4 aliphatic carbocycles. The summed E-state index contributed by atoms with van der Waals surface area (Å²) in [7, 11) is 0. The first-order valence-corrected chi connectivity index (χ1v) is 11.3. The summed E-state index contributed by atoms with van der Waals surface area (Å²) in [5.74, 6) is 2.82. The standard InChI is InChI=1S/C27H27NO3/c1-27(2,3)15-4-8-17(9-5-15)31-18-10-6-16(7-11-18)28-25(29)23-19-12-13-20(22-14-21(19)22)24(23)26(28)30/h4-13,19-24H,14H2,1-3H3/t19-,20-,21-,22+,23+,24+/m0/s1. The second-order valence-corrected chi connectivity index (χ2v) is 10.5. The third-order valence-corrected chi connectivity index (χ3v) is 7.71. The summed E-state index contributed by atoms with van der Waals surface area (Å²) in [4.78, 5) is 27.9. The van der Waals surface area contributed by atoms with E-state index in [9.17, 15) is 9.59 Å². The molecule has 5 aliphatic rings. The van der Waals surface area contributed by atoms with Gasteiger partial charge in [0.05, 0.1) is 17.5 Å². The Balaban J connectivity index is 1.21. The van der Waals surface area contributed by atoms with Crippen LogP contribution in [0.2, 0.25) is 0 Å². The molecule has 1 heterocycles. The third-order valence-electron chi connectivity index (χ3n) is 7.71. The number of ether oxygens (including phenoxy) is 1.